The molecule has 0 spiro atoms. The zero-order valence-electron chi connectivity index (χ0n) is 15.5. The smallest absolute Gasteiger partial charge is 0.407 e. The quantitative estimate of drug-likeness (QED) is 0.618. The van der Waals surface area contributed by atoms with E-state index < -0.39 is 18.1 Å². The SMILES string of the molecule is O=C1NC2CC(C2)C(F)(F)Oc2cc(ccn2)Nc2cc([nH]n2)[C@H]2CC[C@H](C2)O1. The van der Waals surface area contributed by atoms with Crippen molar-refractivity contribution in [1.82, 2.24) is 20.5 Å². The highest BCUT2D eigenvalue weighted by atomic mass is 19.3. The number of carbonyl (C=O) groups excluding carboxylic acids is 1. The summed E-state index contributed by atoms with van der Waals surface area (Å²) in [6, 6.07) is 4.62. The van der Waals surface area contributed by atoms with E-state index >= 15 is 0 Å². The number of anilines is 2. The van der Waals surface area contributed by atoms with Crippen LogP contribution in [0.3, 0.4) is 0 Å². The molecule has 0 saturated heterocycles. The second-order valence-corrected chi connectivity index (χ2v) is 7.93. The number of hydrogen-bond acceptors (Lipinski definition) is 6. The Labute approximate surface area is 165 Å². The maximum Gasteiger partial charge on any atom is 0.407 e. The number of H-pyrrole nitrogens is 1. The number of aromatic amines is 1. The van der Waals surface area contributed by atoms with Gasteiger partial charge in [-0.1, -0.05) is 0 Å². The summed E-state index contributed by atoms with van der Waals surface area (Å²) in [5.41, 5.74) is 1.50. The molecule has 2 aromatic rings. The van der Waals surface area contributed by atoms with E-state index in [0.29, 0.717) is 17.9 Å². The molecule has 0 aromatic carbocycles. The predicted molar refractivity (Wildman–Crippen MR) is 98.2 cm³/mol. The molecule has 4 aliphatic rings. The van der Waals surface area contributed by atoms with E-state index in [1.54, 1.807) is 6.07 Å². The van der Waals surface area contributed by atoms with Gasteiger partial charge in [-0.3, -0.25) is 5.10 Å². The number of alkyl carbamates (subject to hydrolysis) is 1. The molecule has 2 aliphatic heterocycles. The Morgan fingerprint density at radius 3 is 2.90 bits per heavy atom. The number of amides is 1. The highest BCUT2D eigenvalue weighted by Crippen LogP contribution is 2.42. The second kappa shape index (κ2) is 6.85. The Bertz CT molecular complexity index is 915. The number of halogens is 2. The van der Waals surface area contributed by atoms with Crippen molar-refractivity contribution >= 4 is 17.6 Å². The molecule has 10 heteroatoms. The van der Waals surface area contributed by atoms with Crippen LogP contribution >= 0.6 is 0 Å². The van der Waals surface area contributed by atoms with Crippen molar-refractivity contribution in [3.05, 3.63) is 30.1 Å². The van der Waals surface area contributed by atoms with Crippen molar-refractivity contribution in [3.8, 4) is 5.88 Å². The van der Waals surface area contributed by atoms with Crippen LogP contribution in [0.15, 0.2) is 24.4 Å². The van der Waals surface area contributed by atoms with Crippen molar-refractivity contribution in [3.63, 3.8) is 0 Å². The van der Waals surface area contributed by atoms with E-state index in [1.165, 1.54) is 12.3 Å². The number of hydrogen-bond donors (Lipinski definition) is 3. The first-order valence-electron chi connectivity index (χ1n) is 9.77. The summed E-state index contributed by atoms with van der Waals surface area (Å²) >= 11 is 0. The Kier molecular flexibility index (Phi) is 4.29. The van der Waals surface area contributed by atoms with Crippen LogP contribution < -0.4 is 15.4 Å². The molecule has 8 bridgehead atoms. The molecule has 8 nitrogen and oxygen atoms in total. The van der Waals surface area contributed by atoms with Gasteiger partial charge in [-0.2, -0.15) is 13.9 Å². The van der Waals surface area contributed by atoms with Gasteiger partial charge in [-0.15, -0.1) is 0 Å². The molecule has 0 radical (unpaired) electrons. The standard InChI is InChI=1S/C19H21F2N5O3/c20-19(21)11-6-13(7-11)24-18(27)28-14-2-1-10(5-14)15-9-16(26-25-15)23-12-3-4-22-17(8-12)29-19/h3-4,8-11,13-14H,1-2,5-7H2,(H,24,27)(H2,23,25,26)/t10-,11?,13?,14+/m0/s1. The van der Waals surface area contributed by atoms with Crippen molar-refractivity contribution in [1.29, 1.82) is 0 Å². The number of rotatable bonds is 0. The Balaban J connectivity index is 1.41. The molecular weight excluding hydrogens is 384 g/mol. The molecular formula is C19H21F2N5O3. The molecule has 0 unspecified atom stereocenters. The molecule has 2 aliphatic carbocycles. The zero-order chi connectivity index (χ0) is 20.0. The summed E-state index contributed by atoms with van der Waals surface area (Å²) in [6.07, 6.45) is -0.125. The first-order valence-corrected chi connectivity index (χ1v) is 9.77. The monoisotopic (exact) mass is 405 g/mol. The van der Waals surface area contributed by atoms with Gasteiger partial charge < -0.3 is 20.1 Å². The van der Waals surface area contributed by atoms with Crippen LogP contribution in [0, 0.1) is 5.92 Å². The maximum atomic E-state index is 14.5. The first kappa shape index (κ1) is 18.1. The minimum absolute atomic E-state index is 0.126. The number of alkyl halides is 2. The molecule has 154 valence electrons. The lowest BCUT2D eigenvalue weighted by atomic mass is 9.79. The lowest BCUT2D eigenvalue weighted by molar-refractivity contribution is -0.237. The number of aromatic nitrogens is 3. The number of nitrogens with zero attached hydrogens (tertiary/aromatic N) is 2. The maximum absolute atomic E-state index is 14.5. The van der Waals surface area contributed by atoms with Gasteiger partial charge in [-0.25, -0.2) is 9.78 Å². The van der Waals surface area contributed by atoms with Gasteiger partial charge in [0.15, 0.2) is 5.82 Å². The number of fused-ring (bicyclic) bond motifs is 3. The highest BCUT2D eigenvalue weighted by molar-refractivity contribution is 5.68. The average Bonchev–Trinajstić information content (AvgIpc) is 3.26. The van der Waals surface area contributed by atoms with Gasteiger partial charge in [0.1, 0.15) is 6.10 Å². The van der Waals surface area contributed by atoms with E-state index in [0.717, 1.165) is 18.5 Å². The summed E-state index contributed by atoms with van der Waals surface area (Å²) in [4.78, 5) is 16.0. The molecule has 6 rings (SSSR count). The summed E-state index contributed by atoms with van der Waals surface area (Å²) in [5.74, 6) is -0.381. The van der Waals surface area contributed by atoms with Gasteiger partial charge >= 0.3 is 12.2 Å². The lowest BCUT2D eigenvalue weighted by Crippen LogP contribution is -2.52. The second-order valence-electron chi connectivity index (χ2n) is 7.93. The van der Waals surface area contributed by atoms with Gasteiger partial charge in [0, 0.05) is 41.7 Å². The van der Waals surface area contributed by atoms with Gasteiger partial charge in [-0.05, 0) is 38.2 Å². The minimum atomic E-state index is -3.38. The van der Waals surface area contributed by atoms with Crippen LogP contribution in [0.1, 0.15) is 43.7 Å². The van der Waals surface area contributed by atoms with Crippen LogP contribution in [0.2, 0.25) is 0 Å². The fourth-order valence-corrected chi connectivity index (χ4v) is 4.22. The van der Waals surface area contributed by atoms with Gasteiger partial charge in [0.05, 0.1) is 5.92 Å². The summed E-state index contributed by atoms with van der Waals surface area (Å²) in [6.45, 7) is 0. The van der Waals surface area contributed by atoms with Crippen LogP contribution in [0.5, 0.6) is 5.88 Å². The van der Waals surface area contributed by atoms with E-state index in [4.69, 9.17) is 9.47 Å². The van der Waals surface area contributed by atoms with Crippen molar-refractivity contribution in [2.24, 2.45) is 5.92 Å². The number of ether oxygens (including phenoxy) is 2. The van der Waals surface area contributed by atoms with E-state index in [9.17, 15) is 13.6 Å². The molecule has 1 amide bonds. The Hall–Kier alpha value is -2.91. The summed E-state index contributed by atoms with van der Waals surface area (Å²) in [7, 11) is 0. The third kappa shape index (κ3) is 3.70. The summed E-state index contributed by atoms with van der Waals surface area (Å²) in [5, 5.41) is 13.0. The largest absolute Gasteiger partial charge is 0.446 e. The van der Waals surface area contributed by atoms with Crippen molar-refractivity contribution in [2.45, 2.75) is 56.3 Å². The topological polar surface area (TPSA) is 101 Å². The molecule has 3 N–H and O–H groups in total. The average molecular weight is 405 g/mol. The van der Waals surface area contributed by atoms with E-state index in [1.807, 2.05) is 6.07 Å². The molecule has 29 heavy (non-hydrogen) atoms. The first-order chi connectivity index (χ1) is 13.9. The predicted octanol–water partition coefficient (Wildman–Crippen LogP) is 3.67. The lowest BCUT2D eigenvalue weighted by Gasteiger charge is -2.39. The fraction of sp³-hybridized carbons (Fsp3) is 0.526. The highest BCUT2D eigenvalue weighted by Gasteiger charge is 2.50. The zero-order valence-corrected chi connectivity index (χ0v) is 15.5. The fourth-order valence-electron chi connectivity index (χ4n) is 4.22. The number of carbonyl (C=O) groups is 1. The van der Waals surface area contributed by atoms with Crippen molar-refractivity contribution in [2.75, 3.05) is 5.32 Å². The molecule has 2 fully saturated rings. The van der Waals surface area contributed by atoms with E-state index in [2.05, 4.69) is 25.8 Å². The van der Waals surface area contributed by atoms with Crippen LogP contribution in [0.25, 0.3) is 0 Å². The van der Waals surface area contributed by atoms with E-state index in [-0.39, 0.29) is 36.8 Å². The molecule has 2 saturated carbocycles. The molecule has 4 heterocycles. The molecule has 2 atom stereocenters. The van der Waals surface area contributed by atoms with Crippen LogP contribution in [-0.2, 0) is 4.74 Å². The third-order valence-corrected chi connectivity index (χ3v) is 5.88. The third-order valence-electron chi connectivity index (χ3n) is 5.88. The number of nitrogens with one attached hydrogen (secondary N) is 3. The molecule has 2 aromatic heterocycles. The Morgan fingerprint density at radius 2 is 2.03 bits per heavy atom. The summed E-state index contributed by atoms with van der Waals surface area (Å²) < 4.78 is 39.3. The minimum Gasteiger partial charge on any atom is -0.446 e. The Morgan fingerprint density at radius 1 is 1.17 bits per heavy atom. The van der Waals surface area contributed by atoms with Crippen LogP contribution in [0.4, 0.5) is 25.1 Å². The normalized spacial score (nSPS) is 30.5. The van der Waals surface area contributed by atoms with Crippen LogP contribution in [-0.4, -0.2) is 39.5 Å². The van der Waals surface area contributed by atoms with Gasteiger partial charge in [0.25, 0.3) is 0 Å². The van der Waals surface area contributed by atoms with Gasteiger partial charge in [0.2, 0.25) is 5.88 Å². The number of pyridine rings is 1. The van der Waals surface area contributed by atoms with Crippen molar-refractivity contribution < 1.29 is 23.0 Å².